The van der Waals surface area contributed by atoms with Crippen molar-refractivity contribution in [2.45, 2.75) is 12.7 Å². The zero-order valence-electron chi connectivity index (χ0n) is 11.7. The molecule has 0 saturated heterocycles. The van der Waals surface area contributed by atoms with Gasteiger partial charge in [0.05, 0.1) is 10.5 Å². The van der Waals surface area contributed by atoms with Gasteiger partial charge in [-0.3, -0.25) is 10.1 Å². The van der Waals surface area contributed by atoms with E-state index in [0.29, 0.717) is 11.3 Å². The molecular weight excluding hydrogens is 309 g/mol. The van der Waals surface area contributed by atoms with Crippen LogP contribution < -0.4 is 4.90 Å². The molecule has 2 aromatic rings. The van der Waals surface area contributed by atoms with Crippen LogP contribution in [0.4, 0.5) is 24.5 Å². The lowest BCUT2D eigenvalue weighted by molar-refractivity contribution is -0.384. The zero-order valence-corrected chi connectivity index (χ0v) is 11.7. The van der Waals surface area contributed by atoms with Crippen LogP contribution >= 0.6 is 0 Å². The molecule has 0 spiro atoms. The number of alkyl halides is 3. The fourth-order valence-electron chi connectivity index (χ4n) is 2.45. The van der Waals surface area contributed by atoms with Crippen molar-refractivity contribution in [1.29, 1.82) is 0 Å². The van der Waals surface area contributed by atoms with E-state index in [1.54, 1.807) is 29.3 Å². The fourth-order valence-corrected chi connectivity index (χ4v) is 2.45. The van der Waals surface area contributed by atoms with Crippen LogP contribution in [0.25, 0.3) is 6.08 Å². The van der Waals surface area contributed by atoms with Gasteiger partial charge in [0.15, 0.2) is 0 Å². The maximum Gasteiger partial charge on any atom is 0.416 e. The summed E-state index contributed by atoms with van der Waals surface area (Å²) in [5.41, 5.74) is 1.13. The number of halogens is 3. The summed E-state index contributed by atoms with van der Waals surface area (Å²) in [5.74, 6) is 0. The van der Waals surface area contributed by atoms with Crippen LogP contribution in [0.3, 0.4) is 0 Å². The molecule has 23 heavy (non-hydrogen) atoms. The molecule has 0 fully saturated rings. The Hall–Kier alpha value is -2.83. The van der Waals surface area contributed by atoms with Gasteiger partial charge in [-0.2, -0.15) is 13.2 Å². The Morgan fingerprint density at radius 1 is 1.13 bits per heavy atom. The number of rotatable bonds is 2. The van der Waals surface area contributed by atoms with Crippen LogP contribution in [0.1, 0.15) is 16.7 Å². The number of anilines is 1. The minimum atomic E-state index is -4.41. The SMILES string of the molecule is O=[N+]([O-])c1ccc2c(c1)CN(c1cccc(C(F)(F)F)c1)C=C2. The van der Waals surface area contributed by atoms with Crippen molar-refractivity contribution in [3.8, 4) is 0 Å². The Bertz CT molecular complexity index is 800. The first-order valence-electron chi connectivity index (χ1n) is 6.74. The number of nitro benzene ring substituents is 1. The van der Waals surface area contributed by atoms with E-state index in [9.17, 15) is 23.3 Å². The third-order valence-electron chi connectivity index (χ3n) is 3.62. The Balaban J connectivity index is 1.93. The lowest BCUT2D eigenvalue weighted by Gasteiger charge is -2.26. The van der Waals surface area contributed by atoms with Gasteiger partial charge in [-0.05, 0) is 41.5 Å². The molecule has 0 atom stereocenters. The molecule has 4 nitrogen and oxygen atoms in total. The highest BCUT2D eigenvalue weighted by atomic mass is 19.4. The third-order valence-corrected chi connectivity index (χ3v) is 3.62. The minimum Gasteiger partial charge on any atom is -0.343 e. The van der Waals surface area contributed by atoms with Gasteiger partial charge >= 0.3 is 6.18 Å². The van der Waals surface area contributed by atoms with Crippen LogP contribution in [-0.4, -0.2) is 4.92 Å². The summed E-state index contributed by atoms with van der Waals surface area (Å²) in [5, 5.41) is 10.8. The van der Waals surface area contributed by atoms with Crippen molar-refractivity contribution in [1.82, 2.24) is 0 Å². The van der Waals surface area contributed by atoms with Crippen molar-refractivity contribution >= 4 is 17.5 Å². The predicted molar refractivity (Wildman–Crippen MR) is 79.8 cm³/mol. The second-order valence-electron chi connectivity index (χ2n) is 5.13. The summed E-state index contributed by atoms with van der Waals surface area (Å²) in [6.07, 6.45) is -1.02. The molecule has 3 rings (SSSR count). The summed E-state index contributed by atoms with van der Waals surface area (Å²) < 4.78 is 38.4. The Morgan fingerprint density at radius 2 is 1.91 bits per heavy atom. The maximum atomic E-state index is 12.8. The molecule has 2 aromatic carbocycles. The summed E-state index contributed by atoms with van der Waals surface area (Å²) in [6.45, 7) is 0.273. The first-order chi connectivity index (χ1) is 10.8. The molecule has 0 aromatic heterocycles. The van der Waals surface area contributed by atoms with Gasteiger partial charge in [-0.25, -0.2) is 0 Å². The molecule has 1 heterocycles. The minimum absolute atomic E-state index is 0.0388. The largest absolute Gasteiger partial charge is 0.416 e. The summed E-state index contributed by atoms with van der Waals surface area (Å²) in [4.78, 5) is 12.0. The number of non-ortho nitro benzene ring substituents is 1. The number of fused-ring (bicyclic) bond motifs is 1. The van der Waals surface area contributed by atoms with Crippen molar-refractivity contribution in [3.05, 3.63) is 75.5 Å². The standard InChI is InChI=1S/C16H11F3N2O2/c17-16(18,19)13-2-1-3-14(9-13)20-7-6-11-4-5-15(21(22)23)8-12(11)10-20/h1-9H,10H2. The molecule has 0 amide bonds. The molecule has 1 aliphatic rings. The third kappa shape index (κ3) is 3.03. The molecular formula is C16H11F3N2O2. The number of nitrogens with zero attached hydrogens (tertiary/aromatic N) is 2. The van der Waals surface area contributed by atoms with Gasteiger partial charge < -0.3 is 4.90 Å². The van der Waals surface area contributed by atoms with Gasteiger partial charge in [0.1, 0.15) is 0 Å². The van der Waals surface area contributed by atoms with Crippen LogP contribution in [0, 0.1) is 10.1 Å². The molecule has 0 N–H and O–H groups in total. The normalized spacial score (nSPS) is 13.8. The van der Waals surface area contributed by atoms with Crippen molar-refractivity contribution in [3.63, 3.8) is 0 Å². The molecule has 0 bridgehead atoms. The lowest BCUT2D eigenvalue weighted by Crippen LogP contribution is -2.19. The van der Waals surface area contributed by atoms with E-state index in [1.807, 2.05) is 0 Å². The maximum absolute atomic E-state index is 12.8. The average molecular weight is 320 g/mol. The fraction of sp³-hybridized carbons (Fsp3) is 0.125. The van der Waals surface area contributed by atoms with E-state index in [4.69, 9.17) is 0 Å². The Labute approximate surface area is 129 Å². The van der Waals surface area contributed by atoms with Gasteiger partial charge in [-0.15, -0.1) is 0 Å². The summed E-state index contributed by atoms with van der Waals surface area (Å²) in [7, 11) is 0. The molecule has 0 saturated carbocycles. The average Bonchev–Trinajstić information content (AvgIpc) is 2.53. The highest BCUT2D eigenvalue weighted by molar-refractivity contribution is 5.66. The Morgan fingerprint density at radius 3 is 2.61 bits per heavy atom. The van der Waals surface area contributed by atoms with Crippen molar-refractivity contribution in [2.75, 3.05) is 4.90 Å². The van der Waals surface area contributed by atoms with E-state index in [-0.39, 0.29) is 12.2 Å². The first kappa shape index (κ1) is 15.1. The second kappa shape index (κ2) is 5.42. The highest BCUT2D eigenvalue weighted by Crippen LogP contribution is 2.33. The number of nitro groups is 1. The second-order valence-corrected chi connectivity index (χ2v) is 5.13. The van der Waals surface area contributed by atoms with Gasteiger partial charge in [0.25, 0.3) is 5.69 Å². The van der Waals surface area contributed by atoms with Crippen LogP contribution in [-0.2, 0) is 12.7 Å². The summed E-state index contributed by atoms with van der Waals surface area (Å²) >= 11 is 0. The van der Waals surface area contributed by atoms with Crippen LogP contribution in [0.5, 0.6) is 0 Å². The molecule has 0 radical (unpaired) electrons. The van der Waals surface area contributed by atoms with Crippen LogP contribution in [0.2, 0.25) is 0 Å². The van der Waals surface area contributed by atoms with E-state index >= 15 is 0 Å². The molecule has 0 aliphatic carbocycles. The topological polar surface area (TPSA) is 46.4 Å². The lowest BCUT2D eigenvalue weighted by atomic mass is 10.0. The first-order valence-corrected chi connectivity index (χ1v) is 6.74. The van der Waals surface area contributed by atoms with Gasteiger partial charge in [-0.1, -0.05) is 6.07 Å². The van der Waals surface area contributed by atoms with E-state index in [0.717, 1.165) is 17.7 Å². The molecule has 0 unspecified atom stereocenters. The monoisotopic (exact) mass is 320 g/mol. The number of hydrogen-bond donors (Lipinski definition) is 0. The van der Waals surface area contributed by atoms with Crippen molar-refractivity contribution in [2.24, 2.45) is 0 Å². The summed E-state index contributed by atoms with van der Waals surface area (Å²) in [6, 6.07) is 9.47. The van der Waals surface area contributed by atoms with Crippen molar-refractivity contribution < 1.29 is 18.1 Å². The number of benzene rings is 2. The van der Waals surface area contributed by atoms with E-state index in [2.05, 4.69) is 0 Å². The molecule has 118 valence electrons. The smallest absolute Gasteiger partial charge is 0.343 e. The molecule has 1 aliphatic heterocycles. The van der Waals surface area contributed by atoms with E-state index < -0.39 is 16.7 Å². The zero-order chi connectivity index (χ0) is 16.6. The van der Waals surface area contributed by atoms with E-state index in [1.165, 1.54) is 18.2 Å². The predicted octanol–water partition coefficient (Wildman–Crippen LogP) is 4.60. The quantitative estimate of drug-likeness (QED) is 0.600. The molecule has 7 heteroatoms. The van der Waals surface area contributed by atoms with Gasteiger partial charge in [0, 0.05) is 30.6 Å². The Kier molecular flexibility index (Phi) is 3.55. The van der Waals surface area contributed by atoms with Crippen LogP contribution in [0.15, 0.2) is 48.7 Å². The highest BCUT2D eigenvalue weighted by Gasteiger charge is 2.31. The van der Waals surface area contributed by atoms with Gasteiger partial charge in [0.2, 0.25) is 0 Å². The number of hydrogen-bond acceptors (Lipinski definition) is 3.